The van der Waals surface area contributed by atoms with Crippen molar-refractivity contribution < 1.29 is 0 Å². The van der Waals surface area contributed by atoms with Gasteiger partial charge in [0, 0.05) is 23.2 Å². The van der Waals surface area contributed by atoms with Crippen LogP contribution < -0.4 is 10.6 Å². The van der Waals surface area contributed by atoms with E-state index in [-0.39, 0.29) is 12.0 Å². The van der Waals surface area contributed by atoms with Gasteiger partial charge in [-0.3, -0.25) is 0 Å². The Kier molecular flexibility index (Phi) is 6.29. The van der Waals surface area contributed by atoms with Crippen LogP contribution in [-0.2, 0) is 0 Å². The number of benzene rings is 4. The maximum absolute atomic E-state index is 6.87. The van der Waals surface area contributed by atoms with Crippen LogP contribution in [0.5, 0.6) is 0 Å². The van der Waals surface area contributed by atoms with E-state index < -0.39 is 0 Å². The fraction of sp³-hybridized carbons (Fsp3) is 0.0588. The largest absolute Gasteiger partial charge is 0.369 e. The Balaban J connectivity index is 1.44. The molecule has 0 amide bonds. The first kappa shape index (κ1) is 23.4. The van der Waals surface area contributed by atoms with Crippen molar-refractivity contribution in [3.63, 3.8) is 0 Å². The number of nitrogens with two attached hydrogens (primary N) is 1. The van der Waals surface area contributed by atoms with Gasteiger partial charge in [0.05, 0.1) is 11.7 Å². The normalized spacial score (nSPS) is 18.3. The maximum atomic E-state index is 6.87. The zero-order valence-electron chi connectivity index (χ0n) is 21.0. The number of fused-ring (bicyclic) bond motifs is 5. The molecule has 2 unspecified atom stereocenters. The van der Waals surface area contributed by atoms with Gasteiger partial charge in [-0.25, -0.2) is 4.99 Å². The number of amidine groups is 1. The number of nitrogens with zero attached hydrogens (tertiary/aromatic N) is 3. The molecule has 4 heteroatoms. The standard InChI is InChI=1S/C34H28N4/c1-2-36-33(26-22-20-25(21-23-26)24-12-4-3-5-13-24)37-34(35)38-31-18-10-8-16-29(31)27-14-6-7-15-28(27)30-17-9-11-19-32(30)38/h2-23,29,31H,1H2,(H2,35,36,37). The van der Waals surface area contributed by atoms with Gasteiger partial charge >= 0.3 is 0 Å². The third kappa shape index (κ3) is 4.27. The number of allylic oxidation sites excluding steroid dienone is 2. The highest BCUT2D eigenvalue weighted by Crippen LogP contribution is 2.44. The number of rotatable bonds is 3. The van der Waals surface area contributed by atoms with Crippen molar-refractivity contribution in [1.29, 1.82) is 0 Å². The molecule has 0 spiro atoms. The first-order valence-electron chi connectivity index (χ1n) is 12.8. The Morgan fingerprint density at radius 2 is 1.39 bits per heavy atom. The lowest BCUT2D eigenvalue weighted by Crippen LogP contribution is -2.47. The summed E-state index contributed by atoms with van der Waals surface area (Å²) in [6.45, 7) is 3.82. The van der Waals surface area contributed by atoms with Gasteiger partial charge in [0.1, 0.15) is 0 Å². The number of para-hydroxylation sites is 1. The number of anilines is 1. The summed E-state index contributed by atoms with van der Waals surface area (Å²) >= 11 is 0. The fourth-order valence-electron chi connectivity index (χ4n) is 5.37. The Labute approximate surface area is 223 Å². The van der Waals surface area contributed by atoms with Crippen LogP contribution in [0.25, 0.3) is 22.3 Å². The molecule has 0 fully saturated rings. The molecule has 0 saturated carbocycles. The molecule has 0 bridgehead atoms. The Bertz CT molecular complexity index is 1590. The molecule has 1 heterocycles. The van der Waals surface area contributed by atoms with Gasteiger partial charge in [-0.15, -0.1) is 0 Å². The molecule has 184 valence electrons. The molecule has 4 aromatic carbocycles. The second-order valence-electron chi connectivity index (χ2n) is 9.31. The third-order valence-corrected chi connectivity index (χ3v) is 7.11. The van der Waals surface area contributed by atoms with Crippen molar-refractivity contribution in [2.24, 2.45) is 15.7 Å². The van der Waals surface area contributed by atoms with Gasteiger partial charge < -0.3 is 10.6 Å². The molecule has 2 aliphatic rings. The molecule has 0 radical (unpaired) electrons. The Morgan fingerprint density at radius 1 is 0.737 bits per heavy atom. The molecule has 4 aromatic rings. The molecule has 1 aliphatic heterocycles. The maximum Gasteiger partial charge on any atom is 0.203 e. The lowest BCUT2D eigenvalue weighted by Gasteiger charge is -2.35. The lowest BCUT2D eigenvalue weighted by molar-refractivity contribution is 0.706. The minimum atomic E-state index is -0.0287. The lowest BCUT2D eigenvalue weighted by atomic mass is 9.85. The van der Waals surface area contributed by atoms with Crippen molar-refractivity contribution >= 4 is 17.5 Å². The van der Waals surface area contributed by atoms with Gasteiger partial charge in [-0.2, -0.15) is 4.99 Å². The molecule has 2 N–H and O–H groups in total. The summed E-state index contributed by atoms with van der Waals surface area (Å²) < 4.78 is 0. The molecule has 0 saturated heterocycles. The Morgan fingerprint density at radius 3 is 2.18 bits per heavy atom. The average Bonchev–Trinajstić information content (AvgIpc) is 3.10. The van der Waals surface area contributed by atoms with E-state index in [4.69, 9.17) is 10.7 Å². The zero-order valence-corrected chi connectivity index (χ0v) is 21.0. The van der Waals surface area contributed by atoms with Gasteiger partial charge in [0.2, 0.25) is 5.96 Å². The summed E-state index contributed by atoms with van der Waals surface area (Å²) in [5, 5.41) is 0. The van der Waals surface area contributed by atoms with Crippen LogP contribution in [0.1, 0.15) is 17.0 Å². The van der Waals surface area contributed by atoms with E-state index >= 15 is 0 Å². The zero-order chi connectivity index (χ0) is 25.9. The van der Waals surface area contributed by atoms with Crippen molar-refractivity contribution in [2.75, 3.05) is 4.90 Å². The van der Waals surface area contributed by atoms with Gasteiger partial charge in [-0.1, -0.05) is 128 Å². The molecular weight excluding hydrogens is 464 g/mol. The second kappa shape index (κ2) is 10.2. The smallest absolute Gasteiger partial charge is 0.203 e. The van der Waals surface area contributed by atoms with Crippen molar-refractivity contribution in [3.05, 3.63) is 151 Å². The van der Waals surface area contributed by atoms with Gasteiger partial charge in [0.25, 0.3) is 0 Å². The highest BCUT2D eigenvalue weighted by molar-refractivity contribution is 6.11. The number of guanidine groups is 1. The summed E-state index contributed by atoms with van der Waals surface area (Å²) in [5.74, 6) is 1.03. The molecule has 4 nitrogen and oxygen atoms in total. The summed E-state index contributed by atoms with van der Waals surface area (Å²) in [6, 6.07) is 35.5. The minimum absolute atomic E-state index is 0.0287. The van der Waals surface area contributed by atoms with Crippen molar-refractivity contribution in [1.82, 2.24) is 0 Å². The molecule has 6 rings (SSSR count). The van der Waals surface area contributed by atoms with Crippen LogP contribution in [-0.4, -0.2) is 17.8 Å². The van der Waals surface area contributed by atoms with E-state index in [2.05, 4.69) is 108 Å². The molecule has 0 aromatic heterocycles. The quantitative estimate of drug-likeness (QED) is 0.241. The van der Waals surface area contributed by atoms with Crippen LogP contribution in [0.4, 0.5) is 5.69 Å². The van der Waals surface area contributed by atoms with E-state index in [9.17, 15) is 0 Å². The summed E-state index contributed by atoms with van der Waals surface area (Å²) in [5.41, 5.74) is 14.7. The van der Waals surface area contributed by atoms with E-state index in [0.717, 1.165) is 27.9 Å². The van der Waals surface area contributed by atoms with Crippen molar-refractivity contribution in [3.8, 4) is 22.3 Å². The van der Waals surface area contributed by atoms with Gasteiger partial charge in [-0.05, 0) is 28.3 Å². The minimum Gasteiger partial charge on any atom is -0.369 e. The Hall–Kier alpha value is -4.96. The van der Waals surface area contributed by atoms with Crippen LogP contribution in [0.15, 0.2) is 150 Å². The molecule has 1 aliphatic carbocycles. The van der Waals surface area contributed by atoms with E-state index in [1.165, 1.54) is 17.3 Å². The van der Waals surface area contributed by atoms with E-state index in [0.29, 0.717) is 11.8 Å². The predicted molar refractivity (Wildman–Crippen MR) is 159 cm³/mol. The number of hydrogen-bond donors (Lipinski definition) is 1. The van der Waals surface area contributed by atoms with Crippen LogP contribution >= 0.6 is 0 Å². The monoisotopic (exact) mass is 492 g/mol. The molecule has 2 atom stereocenters. The number of aliphatic imine (C=N–C) groups is 2. The van der Waals surface area contributed by atoms with E-state index in [1.54, 1.807) is 0 Å². The third-order valence-electron chi connectivity index (χ3n) is 7.11. The average molecular weight is 493 g/mol. The van der Waals surface area contributed by atoms with Gasteiger partial charge in [0.15, 0.2) is 5.84 Å². The fourth-order valence-corrected chi connectivity index (χ4v) is 5.37. The SMILES string of the molecule is C=CN=C(N=C(N)N1c2ccccc2-c2ccccc2C2C=CC=CC21)c1ccc(-c2ccccc2)cc1. The van der Waals surface area contributed by atoms with Crippen LogP contribution in [0.2, 0.25) is 0 Å². The summed E-state index contributed by atoms with van der Waals surface area (Å²) in [7, 11) is 0. The highest BCUT2D eigenvalue weighted by Gasteiger charge is 2.35. The number of hydrogen-bond acceptors (Lipinski definition) is 1. The first-order chi connectivity index (χ1) is 18.7. The van der Waals surface area contributed by atoms with Crippen molar-refractivity contribution in [2.45, 2.75) is 12.0 Å². The van der Waals surface area contributed by atoms with Crippen LogP contribution in [0.3, 0.4) is 0 Å². The molecule has 38 heavy (non-hydrogen) atoms. The summed E-state index contributed by atoms with van der Waals surface area (Å²) in [6.07, 6.45) is 10.1. The molecular formula is C34H28N4. The highest BCUT2D eigenvalue weighted by atomic mass is 15.3. The first-order valence-corrected chi connectivity index (χ1v) is 12.8. The van der Waals surface area contributed by atoms with E-state index in [1.807, 2.05) is 36.4 Å². The van der Waals surface area contributed by atoms with Crippen LogP contribution in [0, 0.1) is 0 Å². The predicted octanol–water partition coefficient (Wildman–Crippen LogP) is 7.32. The second-order valence-corrected chi connectivity index (χ2v) is 9.31. The topological polar surface area (TPSA) is 54.0 Å². The summed E-state index contributed by atoms with van der Waals surface area (Å²) in [4.78, 5) is 11.5.